The summed E-state index contributed by atoms with van der Waals surface area (Å²) in [4.78, 5) is 15.8. The van der Waals surface area contributed by atoms with Gasteiger partial charge in [0.25, 0.3) is 5.91 Å². The van der Waals surface area contributed by atoms with Gasteiger partial charge in [0, 0.05) is 18.5 Å². The third kappa shape index (κ3) is 3.47. The van der Waals surface area contributed by atoms with E-state index in [0.717, 1.165) is 0 Å². The van der Waals surface area contributed by atoms with E-state index in [-0.39, 0.29) is 5.91 Å². The van der Waals surface area contributed by atoms with E-state index in [0.29, 0.717) is 42.5 Å². The van der Waals surface area contributed by atoms with Gasteiger partial charge in [-0.15, -0.1) is 0 Å². The van der Waals surface area contributed by atoms with Crippen LogP contribution in [0, 0.1) is 0 Å². The number of carbonyl (C=O) groups is 1. The quantitative estimate of drug-likeness (QED) is 0.763. The smallest absolute Gasteiger partial charge is 0.251 e. The average molecular weight is 276 g/mol. The molecule has 7 nitrogen and oxygen atoms in total. The van der Waals surface area contributed by atoms with Crippen molar-refractivity contribution in [3.63, 3.8) is 0 Å². The van der Waals surface area contributed by atoms with Gasteiger partial charge in [-0.1, -0.05) is 5.16 Å². The van der Waals surface area contributed by atoms with Crippen molar-refractivity contribution >= 4 is 11.6 Å². The van der Waals surface area contributed by atoms with Gasteiger partial charge in [-0.2, -0.15) is 4.98 Å². The van der Waals surface area contributed by atoms with Crippen LogP contribution in [0.15, 0.2) is 29.0 Å². The number of nitrogens with two attached hydrogens (primary N) is 1. The lowest BCUT2D eigenvalue weighted by molar-refractivity contribution is 0.0953. The predicted octanol–water partition coefficient (Wildman–Crippen LogP) is 1.02. The molecule has 1 amide bonds. The van der Waals surface area contributed by atoms with E-state index >= 15 is 0 Å². The van der Waals surface area contributed by atoms with Gasteiger partial charge in [-0.25, -0.2) is 0 Å². The van der Waals surface area contributed by atoms with E-state index in [1.165, 1.54) is 6.33 Å². The van der Waals surface area contributed by atoms with Gasteiger partial charge in [-0.3, -0.25) is 4.79 Å². The first-order valence-electron chi connectivity index (χ1n) is 6.26. The molecule has 1 heterocycles. The molecule has 1 aromatic carbocycles. The second kappa shape index (κ2) is 6.55. The topological polar surface area (TPSA) is 103 Å². The van der Waals surface area contributed by atoms with Crippen molar-refractivity contribution in [3.8, 4) is 5.75 Å². The number of hydrogen-bond acceptors (Lipinski definition) is 6. The summed E-state index contributed by atoms with van der Waals surface area (Å²) < 4.78 is 10.2. The largest absolute Gasteiger partial charge is 0.492 e. The minimum atomic E-state index is -0.209. The van der Waals surface area contributed by atoms with E-state index in [4.69, 9.17) is 15.0 Å². The van der Waals surface area contributed by atoms with Gasteiger partial charge in [-0.05, 0) is 25.1 Å². The van der Waals surface area contributed by atoms with Crippen LogP contribution in [-0.4, -0.2) is 29.2 Å². The van der Waals surface area contributed by atoms with Gasteiger partial charge >= 0.3 is 0 Å². The van der Waals surface area contributed by atoms with Gasteiger partial charge in [0.15, 0.2) is 6.33 Å². The fourth-order valence-electron chi connectivity index (χ4n) is 1.67. The van der Waals surface area contributed by atoms with Crippen molar-refractivity contribution in [2.45, 2.75) is 13.3 Å². The highest BCUT2D eigenvalue weighted by molar-refractivity contribution is 5.95. The number of nitrogens with one attached hydrogen (secondary N) is 1. The van der Waals surface area contributed by atoms with Crippen LogP contribution in [0.2, 0.25) is 0 Å². The number of anilines is 1. The molecular formula is C13H16N4O3. The fraction of sp³-hybridized carbons (Fsp3) is 0.308. The number of carbonyl (C=O) groups excluding carboxylic acids is 1. The number of ether oxygens (including phenoxy) is 1. The van der Waals surface area contributed by atoms with Crippen molar-refractivity contribution in [3.05, 3.63) is 36.0 Å². The molecule has 0 aliphatic heterocycles. The van der Waals surface area contributed by atoms with Gasteiger partial charge in [0.1, 0.15) is 5.75 Å². The molecule has 0 spiro atoms. The third-order valence-corrected chi connectivity index (χ3v) is 2.60. The molecule has 0 aliphatic rings. The number of hydrogen-bond donors (Lipinski definition) is 2. The zero-order valence-corrected chi connectivity index (χ0v) is 11.1. The molecule has 7 heteroatoms. The number of nitrogen functional groups attached to an aromatic ring is 1. The van der Waals surface area contributed by atoms with Gasteiger partial charge in [0.05, 0.1) is 12.3 Å². The summed E-state index contributed by atoms with van der Waals surface area (Å²) in [5, 5.41) is 6.24. The predicted molar refractivity (Wildman–Crippen MR) is 72.4 cm³/mol. The van der Waals surface area contributed by atoms with Crippen LogP contribution in [0.25, 0.3) is 0 Å². The maximum absolute atomic E-state index is 11.9. The lowest BCUT2D eigenvalue weighted by atomic mass is 10.1. The molecule has 0 fully saturated rings. The Labute approximate surface area is 116 Å². The highest BCUT2D eigenvalue weighted by Gasteiger charge is 2.09. The standard InChI is InChI=1S/C13H16N4O3/c1-2-19-11-4-3-9(7-10(11)14)13(18)15-6-5-12-16-8-17-20-12/h3-4,7-8H,2,5-6,14H2,1H3,(H,15,18). The van der Waals surface area contributed by atoms with Crippen molar-refractivity contribution in [2.75, 3.05) is 18.9 Å². The van der Waals surface area contributed by atoms with Crippen molar-refractivity contribution in [1.82, 2.24) is 15.5 Å². The summed E-state index contributed by atoms with van der Waals surface area (Å²) in [5.41, 5.74) is 6.74. The normalized spacial score (nSPS) is 10.2. The van der Waals surface area contributed by atoms with Gasteiger partial charge < -0.3 is 20.3 Å². The molecule has 0 atom stereocenters. The molecule has 3 N–H and O–H groups in total. The van der Waals surface area contributed by atoms with Crippen LogP contribution in [0.5, 0.6) is 5.75 Å². The Balaban J connectivity index is 1.90. The minimum absolute atomic E-state index is 0.209. The Bertz CT molecular complexity index is 569. The van der Waals surface area contributed by atoms with E-state index in [1.807, 2.05) is 6.92 Å². The maximum atomic E-state index is 11.9. The number of benzene rings is 1. The van der Waals surface area contributed by atoms with Crippen LogP contribution < -0.4 is 15.8 Å². The first kappa shape index (κ1) is 13.9. The lowest BCUT2D eigenvalue weighted by Gasteiger charge is -2.09. The van der Waals surface area contributed by atoms with Crippen molar-refractivity contribution in [2.24, 2.45) is 0 Å². The number of amides is 1. The third-order valence-electron chi connectivity index (χ3n) is 2.60. The molecule has 2 aromatic rings. The van der Waals surface area contributed by atoms with Crippen molar-refractivity contribution < 1.29 is 14.1 Å². The Morgan fingerprint density at radius 3 is 3.00 bits per heavy atom. The second-order valence-corrected chi connectivity index (χ2v) is 4.03. The van der Waals surface area contributed by atoms with Crippen LogP contribution >= 0.6 is 0 Å². The summed E-state index contributed by atoms with van der Waals surface area (Å²) in [6.07, 6.45) is 1.81. The second-order valence-electron chi connectivity index (χ2n) is 4.03. The summed E-state index contributed by atoms with van der Waals surface area (Å²) in [6, 6.07) is 4.95. The Morgan fingerprint density at radius 2 is 2.35 bits per heavy atom. The molecule has 0 aliphatic carbocycles. The van der Waals surface area contributed by atoms with Crippen LogP contribution in [0.1, 0.15) is 23.2 Å². The summed E-state index contributed by atoms with van der Waals surface area (Å²) in [7, 11) is 0. The summed E-state index contributed by atoms with van der Waals surface area (Å²) >= 11 is 0. The highest BCUT2D eigenvalue weighted by atomic mass is 16.5. The molecular weight excluding hydrogens is 260 g/mol. The van der Waals surface area contributed by atoms with Crippen LogP contribution in [0.3, 0.4) is 0 Å². The van der Waals surface area contributed by atoms with Crippen LogP contribution in [0.4, 0.5) is 5.69 Å². The maximum Gasteiger partial charge on any atom is 0.251 e. The van der Waals surface area contributed by atoms with Gasteiger partial charge in [0.2, 0.25) is 5.89 Å². The molecule has 0 saturated carbocycles. The minimum Gasteiger partial charge on any atom is -0.492 e. The number of rotatable bonds is 6. The van der Waals surface area contributed by atoms with Crippen LogP contribution in [-0.2, 0) is 6.42 Å². The van der Waals surface area contributed by atoms with E-state index in [9.17, 15) is 4.79 Å². The Kier molecular flexibility index (Phi) is 4.54. The number of nitrogens with zero attached hydrogens (tertiary/aromatic N) is 2. The zero-order valence-electron chi connectivity index (χ0n) is 11.1. The molecule has 20 heavy (non-hydrogen) atoms. The average Bonchev–Trinajstić information content (AvgIpc) is 2.94. The first-order chi connectivity index (χ1) is 9.70. The first-order valence-corrected chi connectivity index (χ1v) is 6.26. The summed E-state index contributed by atoms with van der Waals surface area (Å²) in [6.45, 7) is 2.81. The number of aromatic nitrogens is 2. The summed E-state index contributed by atoms with van der Waals surface area (Å²) in [5.74, 6) is 0.852. The van der Waals surface area contributed by atoms with Crippen molar-refractivity contribution in [1.29, 1.82) is 0 Å². The van der Waals surface area contributed by atoms with E-state index in [2.05, 4.69) is 15.5 Å². The molecule has 0 radical (unpaired) electrons. The molecule has 0 saturated heterocycles. The fourth-order valence-corrected chi connectivity index (χ4v) is 1.67. The molecule has 0 unspecified atom stereocenters. The molecule has 0 bridgehead atoms. The molecule has 1 aromatic heterocycles. The molecule has 106 valence electrons. The molecule has 2 rings (SSSR count). The highest BCUT2D eigenvalue weighted by Crippen LogP contribution is 2.22. The SMILES string of the molecule is CCOc1ccc(C(=O)NCCc2ncno2)cc1N. The Hall–Kier alpha value is -2.57. The van der Waals surface area contributed by atoms with E-state index < -0.39 is 0 Å². The lowest BCUT2D eigenvalue weighted by Crippen LogP contribution is -2.25. The zero-order chi connectivity index (χ0) is 14.4. The van der Waals surface area contributed by atoms with E-state index in [1.54, 1.807) is 18.2 Å². The Morgan fingerprint density at radius 1 is 1.50 bits per heavy atom. The monoisotopic (exact) mass is 276 g/mol.